The van der Waals surface area contributed by atoms with Gasteiger partial charge < -0.3 is 15.0 Å². The first-order valence-corrected chi connectivity index (χ1v) is 12.7. The number of nitrogens with zero attached hydrogens (tertiary/aromatic N) is 2. The molecule has 2 heterocycles. The summed E-state index contributed by atoms with van der Waals surface area (Å²) in [6.45, 7) is 3.28. The summed E-state index contributed by atoms with van der Waals surface area (Å²) in [6.07, 6.45) is 8.79. The monoisotopic (exact) mass is 449 g/mol. The number of benzene rings is 1. The summed E-state index contributed by atoms with van der Waals surface area (Å²) in [5, 5.41) is 4.15. The maximum atomic E-state index is 13.4. The number of morpholine rings is 1. The summed E-state index contributed by atoms with van der Waals surface area (Å²) in [6, 6.07) is 10.0. The third-order valence-corrected chi connectivity index (χ3v) is 7.82. The van der Waals surface area contributed by atoms with Gasteiger partial charge >= 0.3 is 0 Å². The summed E-state index contributed by atoms with van der Waals surface area (Å²) in [4.78, 5) is 32.6. The molecule has 2 aromatic rings. The van der Waals surface area contributed by atoms with E-state index in [0.29, 0.717) is 38.1 Å². The number of para-hydroxylation sites is 1. The lowest BCUT2D eigenvalue weighted by Crippen LogP contribution is -2.40. The predicted octanol–water partition coefficient (Wildman–Crippen LogP) is 4.29. The van der Waals surface area contributed by atoms with Gasteiger partial charge in [0.15, 0.2) is 0 Å². The molecule has 0 radical (unpaired) electrons. The molecule has 176 valence electrons. The van der Waals surface area contributed by atoms with Gasteiger partial charge in [-0.05, 0) is 56.6 Å². The van der Waals surface area contributed by atoms with E-state index in [0.717, 1.165) is 67.2 Å². The fraction of sp³-hybridized carbons (Fsp3) is 0.593. The maximum Gasteiger partial charge on any atom is 0.254 e. The standard InChI is InChI=1S/C27H35N3O3/c31-26(21-5-1-2-6-21)28-18-19-9-11-20(12-10-19)25-17-23(22-7-3-4-8-24(22)29-25)27(32)30-13-15-33-16-14-30/h3-4,7-8,17,19-21H,1-2,5-6,9-16,18H2,(H,28,31). The summed E-state index contributed by atoms with van der Waals surface area (Å²) in [5.74, 6) is 1.50. The molecule has 1 N–H and O–H groups in total. The second-order valence-corrected chi connectivity index (χ2v) is 9.96. The molecule has 0 unspecified atom stereocenters. The average Bonchev–Trinajstić information content (AvgIpc) is 3.42. The lowest BCUT2D eigenvalue weighted by molar-refractivity contribution is -0.125. The molecule has 2 aliphatic carbocycles. The van der Waals surface area contributed by atoms with Crippen molar-refractivity contribution in [1.29, 1.82) is 0 Å². The molecule has 1 aromatic heterocycles. The minimum absolute atomic E-state index is 0.0847. The van der Waals surface area contributed by atoms with Crippen molar-refractivity contribution in [2.24, 2.45) is 11.8 Å². The molecule has 0 atom stereocenters. The highest BCUT2D eigenvalue weighted by molar-refractivity contribution is 6.06. The van der Waals surface area contributed by atoms with E-state index in [-0.39, 0.29) is 17.7 Å². The third kappa shape index (κ3) is 5.06. The van der Waals surface area contributed by atoms with Crippen molar-refractivity contribution in [2.45, 2.75) is 57.3 Å². The highest BCUT2D eigenvalue weighted by Gasteiger charge is 2.28. The van der Waals surface area contributed by atoms with Crippen LogP contribution in [0.5, 0.6) is 0 Å². The van der Waals surface area contributed by atoms with Crippen LogP contribution in [0.1, 0.15) is 73.3 Å². The van der Waals surface area contributed by atoms with E-state index in [1.807, 2.05) is 35.2 Å². The van der Waals surface area contributed by atoms with Gasteiger partial charge in [0.2, 0.25) is 5.91 Å². The zero-order valence-corrected chi connectivity index (χ0v) is 19.4. The zero-order chi connectivity index (χ0) is 22.6. The highest BCUT2D eigenvalue weighted by atomic mass is 16.5. The summed E-state index contributed by atoms with van der Waals surface area (Å²) < 4.78 is 5.43. The number of carbonyl (C=O) groups excluding carboxylic acids is 2. The number of hydrogen-bond donors (Lipinski definition) is 1. The number of amides is 2. The van der Waals surface area contributed by atoms with Crippen LogP contribution in [0, 0.1) is 11.8 Å². The van der Waals surface area contributed by atoms with Crippen LogP contribution in [0.2, 0.25) is 0 Å². The predicted molar refractivity (Wildman–Crippen MR) is 128 cm³/mol. The largest absolute Gasteiger partial charge is 0.378 e. The van der Waals surface area contributed by atoms with E-state index in [1.54, 1.807) is 0 Å². The van der Waals surface area contributed by atoms with Gasteiger partial charge in [-0.2, -0.15) is 0 Å². The Balaban J connectivity index is 1.26. The zero-order valence-electron chi connectivity index (χ0n) is 19.4. The Morgan fingerprint density at radius 3 is 2.48 bits per heavy atom. The van der Waals surface area contributed by atoms with Crippen LogP contribution in [0.4, 0.5) is 0 Å². The van der Waals surface area contributed by atoms with Crippen molar-refractivity contribution in [3.8, 4) is 0 Å². The van der Waals surface area contributed by atoms with Crippen LogP contribution in [0.25, 0.3) is 10.9 Å². The van der Waals surface area contributed by atoms with E-state index in [2.05, 4.69) is 5.32 Å². The Labute approximate surface area is 196 Å². The molecule has 1 aromatic carbocycles. The van der Waals surface area contributed by atoms with Crippen LogP contribution in [-0.2, 0) is 9.53 Å². The van der Waals surface area contributed by atoms with Crippen molar-refractivity contribution in [3.05, 3.63) is 41.6 Å². The van der Waals surface area contributed by atoms with Gasteiger partial charge in [0.1, 0.15) is 0 Å². The molecule has 3 aliphatic rings. The van der Waals surface area contributed by atoms with Crippen molar-refractivity contribution in [1.82, 2.24) is 15.2 Å². The Hall–Kier alpha value is -2.47. The first-order valence-electron chi connectivity index (χ1n) is 12.7. The first kappa shape index (κ1) is 22.3. The average molecular weight is 450 g/mol. The van der Waals surface area contributed by atoms with Crippen molar-refractivity contribution < 1.29 is 14.3 Å². The minimum Gasteiger partial charge on any atom is -0.378 e. The summed E-state index contributed by atoms with van der Waals surface area (Å²) >= 11 is 0. The number of fused-ring (bicyclic) bond motifs is 1. The summed E-state index contributed by atoms with van der Waals surface area (Å²) in [5.41, 5.74) is 2.71. The first-order chi connectivity index (χ1) is 16.2. The van der Waals surface area contributed by atoms with Crippen molar-refractivity contribution >= 4 is 22.7 Å². The van der Waals surface area contributed by atoms with Crippen molar-refractivity contribution in [2.75, 3.05) is 32.8 Å². The van der Waals surface area contributed by atoms with E-state index in [9.17, 15) is 9.59 Å². The normalized spacial score (nSPS) is 24.2. The number of pyridine rings is 1. The van der Waals surface area contributed by atoms with Crippen LogP contribution in [-0.4, -0.2) is 54.5 Å². The molecule has 2 saturated carbocycles. The second-order valence-electron chi connectivity index (χ2n) is 9.96. The maximum absolute atomic E-state index is 13.4. The highest BCUT2D eigenvalue weighted by Crippen LogP contribution is 2.36. The van der Waals surface area contributed by atoms with Crippen LogP contribution < -0.4 is 5.32 Å². The Morgan fingerprint density at radius 1 is 1.00 bits per heavy atom. The van der Waals surface area contributed by atoms with Crippen LogP contribution >= 0.6 is 0 Å². The van der Waals surface area contributed by atoms with Crippen LogP contribution in [0.15, 0.2) is 30.3 Å². The number of nitrogens with one attached hydrogen (secondary N) is 1. The fourth-order valence-electron chi connectivity index (χ4n) is 5.76. The van der Waals surface area contributed by atoms with Gasteiger partial charge in [-0.25, -0.2) is 0 Å². The Morgan fingerprint density at radius 2 is 1.73 bits per heavy atom. The Kier molecular flexibility index (Phi) is 6.91. The number of ether oxygens (including phenoxy) is 1. The topological polar surface area (TPSA) is 71.5 Å². The number of hydrogen-bond acceptors (Lipinski definition) is 4. The molecule has 2 amide bonds. The summed E-state index contributed by atoms with van der Waals surface area (Å²) in [7, 11) is 0. The molecule has 6 heteroatoms. The molecule has 0 bridgehead atoms. The molecular formula is C27H35N3O3. The number of rotatable bonds is 5. The minimum atomic E-state index is 0.0847. The molecule has 1 saturated heterocycles. The van der Waals surface area contributed by atoms with Gasteiger partial charge in [0.05, 0.1) is 24.3 Å². The van der Waals surface area contributed by atoms with E-state index in [1.165, 1.54) is 12.8 Å². The van der Waals surface area contributed by atoms with Crippen LogP contribution in [0.3, 0.4) is 0 Å². The molecule has 6 nitrogen and oxygen atoms in total. The molecule has 1 aliphatic heterocycles. The number of carbonyl (C=O) groups is 2. The molecule has 3 fully saturated rings. The van der Waals surface area contributed by atoms with Gasteiger partial charge in [0, 0.05) is 42.6 Å². The van der Waals surface area contributed by atoms with Gasteiger partial charge in [-0.15, -0.1) is 0 Å². The smallest absolute Gasteiger partial charge is 0.254 e. The lowest BCUT2D eigenvalue weighted by Gasteiger charge is -2.30. The fourth-order valence-corrected chi connectivity index (χ4v) is 5.76. The lowest BCUT2D eigenvalue weighted by atomic mass is 9.80. The van der Waals surface area contributed by atoms with Gasteiger partial charge in [0.25, 0.3) is 5.91 Å². The van der Waals surface area contributed by atoms with E-state index < -0.39 is 0 Å². The molecule has 33 heavy (non-hydrogen) atoms. The second kappa shape index (κ2) is 10.2. The molecule has 0 spiro atoms. The number of aromatic nitrogens is 1. The van der Waals surface area contributed by atoms with E-state index in [4.69, 9.17) is 9.72 Å². The van der Waals surface area contributed by atoms with Gasteiger partial charge in [-0.3, -0.25) is 14.6 Å². The van der Waals surface area contributed by atoms with E-state index >= 15 is 0 Å². The quantitative estimate of drug-likeness (QED) is 0.739. The third-order valence-electron chi connectivity index (χ3n) is 7.82. The molecular weight excluding hydrogens is 414 g/mol. The Bertz CT molecular complexity index is 987. The SMILES string of the molecule is O=C(NCC1CCC(c2cc(C(=O)N3CCOCC3)c3ccccc3n2)CC1)C1CCCC1. The molecule has 5 rings (SSSR count). The van der Waals surface area contributed by atoms with Crippen molar-refractivity contribution in [3.63, 3.8) is 0 Å². The van der Waals surface area contributed by atoms with Gasteiger partial charge in [-0.1, -0.05) is 31.0 Å².